The predicted octanol–water partition coefficient (Wildman–Crippen LogP) is 6.98. The molecule has 1 amide bonds. The molecule has 0 unspecified atom stereocenters. The van der Waals surface area contributed by atoms with E-state index in [-0.39, 0.29) is 32.6 Å². The first kappa shape index (κ1) is 24.5. The highest BCUT2D eigenvalue weighted by atomic mass is 35.5. The molecule has 2 N–H and O–H groups in total. The van der Waals surface area contributed by atoms with E-state index >= 15 is 0 Å². The Kier molecular flexibility index (Phi) is 7.25. The molecule has 35 heavy (non-hydrogen) atoms. The number of carbonyl (C=O) groups excluding carboxylic acids is 1. The van der Waals surface area contributed by atoms with E-state index in [2.05, 4.69) is 10.0 Å². The maximum atomic E-state index is 14.7. The second-order valence-electron chi connectivity index (χ2n) is 7.24. The smallest absolute Gasteiger partial charge is 0.262 e. The van der Waals surface area contributed by atoms with E-state index in [1.165, 1.54) is 30.3 Å². The number of benzene rings is 4. The summed E-state index contributed by atoms with van der Waals surface area (Å²) in [5.74, 6) is -0.830. The second kappa shape index (κ2) is 10.4. The molecule has 0 saturated carbocycles. The van der Waals surface area contributed by atoms with Crippen LogP contribution in [0.25, 0.3) is 0 Å². The summed E-state index contributed by atoms with van der Waals surface area (Å²) >= 11 is 11.8. The molecule has 178 valence electrons. The number of halogens is 3. The monoisotopic (exact) mass is 530 g/mol. The van der Waals surface area contributed by atoms with Crippen LogP contribution in [0.3, 0.4) is 0 Å². The molecule has 0 aromatic heterocycles. The van der Waals surface area contributed by atoms with Gasteiger partial charge in [-0.2, -0.15) is 0 Å². The average molecular weight is 531 g/mol. The maximum absolute atomic E-state index is 14.7. The van der Waals surface area contributed by atoms with Crippen LogP contribution >= 0.6 is 23.2 Å². The van der Waals surface area contributed by atoms with Crippen LogP contribution in [-0.4, -0.2) is 14.3 Å². The van der Waals surface area contributed by atoms with E-state index in [4.69, 9.17) is 27.9 Å². The zero-order valence-electron chi connectivity index (χ0n) is 17.8. The molecule has 0 aliphatic carbocycles. The van der Waals surface area contributed by atoms with Crippen molar-refractivity contribution in [2.45, 2.75) is 4.90 Å². The van der Waals surface area contributed by atoms with E-state index in [9.17, 15) is 17.6 Å². The van der Waals surface area contributed by atoms with Gasteiger partial charge in [-0.15, -0.1) is 0 Å². The molecule has 0 fully saturated rings. The normalized spacial score (nSPS) is 11.1. The van der Waals surface area contributed by atoms with Gasteiger partial charge in [0.15, 0.2) is 5.75 Å². The highest BCUT2D eigenvalue weighted by molar-refractivity contribution is 7.92. The maximum Gasteiger partial charge on any atom is 0.262 e. The molecule has 0 heterocycles. The van der Waals surface area contributed by atoms with Crippen molar-refractivity contribution in [2.75, 3.05) is 10.0 Å². The Labute approximate surface area is 211 Å². The number of carbonyl (C=O) groups is 1. The lowest BCUT2D eigenvalue weighted by Crippen LogP contribution is -2.16. The number of nitrogens with one attached hydrogen (secondary N) is 2. The fourth-order valence-electron chi connectivity index (χ4n) is 3.09. The van der Waals surface area contributed by atoms with Gasteiger partial charge in [0.05, 0.1) is 26.9 Å². The second-order valence-corrected chi connectivity index (χ2v) is 9.76. The fraction of sp³-hybridized carbons (Fsp3) is 0. The number of anilines is 2. The Hall–Kier alpha value is -3.59. The van der Waals surface area contributed by atoms with Gasteiger partial charge in [-0.3, -0.25) is 9.52 Å². The average Bonchev–Trinajstić information content (AvgIpc) is 2.82. The zero-order valence-corrected chi connectivity index (χ0v) is 20.2. The quantitative estimate of drug-likeness (QED) is 0.270. The number of hydrogen-bond donors (Lipinski definition) is 2. The van der Waals surface area contributed by atoms with Gasteiger partial charge in [0.25, 0.3) is 15.9 Å². The van der Waals surface area contributed by atoms with Crippen molar-refractivity contribution in [3.05, 3.63) is 112 Å². The van der Waals surface area contributed by atoms with Crippen molar-refractivity contribution >= 4 is 50.5 Å². The summed E-state index contributed by atoms with van der Waals surface area (Å²) in [4.78, 5) is 12.1. The van der Waals surface area contributed by atoms with Crippen LogP contribution in [-0.2, 0) is 10.0 Å². The number of amides is 1. The topological polar surface area (TPSA) is 84.5 Å². The molecule has 10 heteroatoms. The minimum atomic E-state index is -4.18. The van der Waals surface area contributed by atoms with Gasteiger partial charge in [-0.1, -0.05) is 53.5 Å². The van der Waals surface area contributed by atoms with E-state index < -0.39 is 21.7 Å². The Bertz CT molecular complexity index is 1500. The van der Waals surface area contributed by atoms with Gasteiger partial charge in [-0.05, 0) is 60.7 Å². The largest absolute Gasteiger partial charge is 0.455 e. The van der Waals surface area contributed by atoms with Crippen LogP contribution < -0.4 is 14.8 Å². The molecule has 0 bridgehead atoms. The zero-order chi connectivity index (χ0) is 25.0. The fourth-order valence-corrected chi connectivity index (χ4v) is 4.66. The van der Waals surface area contributed by atoms with Crippen molar-refractivity contribution < 1.29 is 22.3 Å². The summed E-state index contributed by atoms with van der Waals surface area (Å²) in [7, 11) is -4.18. The highest BCUT2D eigenvalue weighted by Crippen LogP contribution is 2.31. The Balaban J connectivity index is 1.54. The van der Waals surface area contributed by atoms with Crippen LogP contribution in [0.15, 0.2) is 95.9 Å². The molecular weight excluding hydrogens is 514 g/mol. The van der Waals surface area contributed by atoms with Crippen LogP contribution in [0.2, 0.25) is 10.0 Å². The Morgan fingerprint density at radius 3 is 2.26 bits per heavy atom. The van der Waals surface area contributed by atoms with E-state index in [0.29, 0.717) is 10.8 Å². The minimum Gasteiger partial charge on any atom is -0.455 e. The molecule has 6 nitrogen and oxygen atoms in total. The van der Waals surface area contributed by atoms with E-state index in [1.807, 2.05) is 6.07 Å². The van der Waals surface area contributed by atoms with Crippen LogP contribution in [0.1, 0.15) is 10.4 Å². The minimum absolute atomic E-state index is 0.0869. The Morgan fingerprint density at radius 2 is 1.54 bits per heavy atom. The standard InChI is InChI=1S/C25H17Cl2FN2O4S/c26-16-10-12-19(20(27)14-16)25(31)29-22-13-11-18(15-21(22)28)35(32,33)30-23-8-4-5-9-24(23)34-17-6-2-1-3-7-17/h1-15,30H,(H,29,31). The lowest BCUT2D eigenvalue weighted by molar-refractivity contribution is 0.102. The van der Waals surface area contributed by atoms with Gasteiger partial charge >= 0.3 is 0 Å². The lowest BCUT2D eigenvalue weighted by Gasteiger charge is -2.14. The van der Waals surface area contributed by atoms with Crippen LogP contribution in [0.4, 0.5) is 15.8 Å². The molecule has 0 saturated heterocycles. The molecule has 0 aliphatic heterocycles. The first-order valence-corrected chi connectivity index (χ1v) is 12.4. The summed E-state index contributed by atoms with van der Waals surface area (Å²) in [6.07, 6.45) is 0. The number of ether oxygens (including phenoxy) is 1. The van der Waals surface area contributed by atoms with Crippen molar-refractivity contribution in [1.29, 1.82) is 0 Å². The molecule has 4 aromatic rings. The van der Waals surface area contributed by atoms with Gasteiger partial charge in [-0.25, -0.2) is 12.8 Å². The van der Waals surface area contributed by atoms with Crippen molar-refractivity contribution in [1.82, 2.24) is 0 Å². The third kappa shape index (κ3) is 5.92. The molecule has 0 radical (unpaired) electrons. The van der Waals surface area contributed by atoms with E-state index in [0.717, 1.165) is 12.1 Å². The summed E-state index contributed by atoms with van der Waals surface area (Å²) in [5, 5.41) is 2.81. The number of sulfonamides is 1. The van der Waals surface area contributed by atoms with E-state index in [1.54, 1.807) is 42.5 Å². The molecule has 4 aromatic carbocycles. The SMILES string of the molecule is O=C(Nc1ccc(S(=O)(=O)Nc2ccccc2Oc2ccccc2)cc1F)c1ccc(Cl)cc1Cl. The lowest BCUT2D eigenvalue weighted by atomic mass is 10.2. The van der Waals surface area contributed by atoms with Crippen LogP contribution in [0.5, 0.6) is 11.5 Å². The number of hydrogen-bond acceptors (Lipinski definition) is 4. The summed E-state index contributed by atoms with van der Waals surface area (Å²) in [6, 6.07) is 22.7. The highest BCUT2D eigenvalue weighted by Gasteiger charge is 2.20. The molecule has 4 rings (SSSR count). The van der Waals surface area contributed by atoms with Crippen LogP contribution in [0, 0.1) is 5.82 Å². The molecule has 0 atom stereocenters. The number of para-hydroxylation sites is 3. The third-order valence-electron chi connectivity index (χ3n) is 4.78. The first-order valence-electron chi connectivity index (χ1n) is 10.1. The van der Waals surface area contributed by atoms with Gasteiger partial charge in [0, 0.05) is 5.02 Å². The van der Waals surface area contributed by atoms with Gasteiger partial charge in [0.2, 0.25) is 0 Å². The third-order valence-corrected chi connectivity index (χ3v) is 6.69. The molecular formula is C25H17Cl2FN2O4S. The van der Waals surface area contributed by atoms with Gasteiger partial charge in [0.1, 0.15) is 11.6 Å². The van der Waals surface area contributed by atoms with Crippen molar-refractivity contribution in [2.24, 2.45) is 0 Å². The van der Waals surface area contributed by atoms with Crippen molar-refractivity contribution in [3.8, 4) is 11.5 Å². The first-order chi connectivity index (χ1) is 16.7. The predicted molar refractivity (Wildman–Crippen MR) is 135 cm³/mol. The molecule has 0 aliphatic rings. The number of rotatable bonds is 7. The summed E-state index contributed by atoms with van der Waals surface area (Å²) in [5.41, 5.74) is 0.0446. The molecule has 0 spiro atoms. The summed E-state index contributed by atoms with van der Waals surface area (Å²) < 4.78 is 48.8. The van der Waals surface area contributed by atoms with Gasteiger partial charge < -0.3 is 10.1 Å². The summed E-state index contributed by atoms with van der Waals surface area (Å²) in [6.45, 7) is 0. The van der Waals surface area contributed by atoms with Crippen molar-refractivity contribution in [3.63, 3.8) is 0 Å². The Morgan fingerprint density at radius 1 is 0.829 bits per heavy atom.